The second kappa shape index (κ2) is 6.54. The number of aromatic nitrogens is 2. The lowest BCUT2D eigenvalue weighted by Crippen LogP contribution is -2.15. The van der Waals surface area contributed by atoms with Crippen molar-refractivity contribution in [3.05, 3.63) is 66.0 Å². The standard InChI is InChI=1S/C18H19N3O/c1-13-7-6-10-15-17(13)18(21-12-20-15)19-11-16(22-2)14-8-4-3-5-9-14/h3-10,12,16H,11H2,1-2H3,(H,19,20,21). The molecule has 22 heavy (non-hydrogen) atoms. The van der Waals surface area contributed by atoms with Gasteiger partial charge in [0.05, 0.1) is 11.6 Å². The van der Waals surface area contributed by atoms with Gasteiger partial charge in [0, 0.05) is 19.0 Å². The number of nitrogens with zero attached hydrogens (tertiary/aromatic N) is 2. The number of hydrogen-bond acceptors (Lipinski definition) is 4. The Bertz CT molecular complexity index is 753. The molecule has 0 fully saturated rings. The minimum Gasteiger partial charge on any atom is -0.375 e. The summed E-state index contributed by atoms with van der Waals surface area (Å²) in [6.45, 7) is 2.73. The molecule has 0 amide bonds. The van der Waals surface area contributed by atoms with Crippen molar-refractivity contribution < 1.29 is 4.74 Å². The van der Waals surface area contributed by atoms with E-state index in [0.29, 0.717) is 6.54 Å². The molecule has 0 radical (unpaired) electrons. The average molecular weight is 293 g/mol. The fourth-order valence-electron chi connectivity index (χ4n) is 2.61. The summed E-state index contributed by atoms with van der Waals surface area (Å²) >= 11 is 0. The van der Waals surface area contributed by atoms with Gasteiger partial charge in [-0.25, -0.2) is 9.97 Å². The molecule has 0 aliphatic heterocycles. The maximum atomic E-state index is 5.59. The van der Waals surface area contributed by atoms with Crippen LogP contribution in [0.15, 0.2) is 54.9 Å². The summed E-state index contributed by atoms with van der Waals surface area (Å²) in [5, 5.41) is 4.46. The summed E-state index contributed by atoms with van der Waals surface area (Å²) in [7, 11) is 1.72. The fraction of sp³-hybridized carbons (Fsp3) is 0.222. The Labute approximate surface area is 130 Å². The van der Waals surface area contributed by atoms with Crippen molar-refractivity contribution in [2.24, 2.45) is 0 Å². The van der Waals surface area contributed by atoms with Gasteiger partial charge >= 0.3 is 0 Å². The number of aryl methyl sites for hydroxylation is 1. The third-order valence-corrected chi connectivity index (χ3v) is 3.78. The zero-order valence-electron chi connectivity index (χ0n) is 12.8. The van der Waals surface area contributed by atoms with Crippen LogP contribution in [0.1, 0.15) is 17.2 Å². The summed E-state index contributed by atoms with van der Waals surface area (Å²) < 4.78 is 5.59. The molecule has 2 aromatic carbocycles. The summed E-state index contributed by atoms with van der Waals surface area (Å²) in [6, 6.07) is 16.3. The number of ether oxygens (including phenoxy) is 1. The van der Waals surface area contributed by atoms with E-state index in [1.165, 1.54) is 0 Å². The van der Waals surface area contributed by atoms with E-state index in [1.54, 1.807) is 13.4 Å². The average Bonchev–Trinajstić information content (AvgIpc) is 2.56. The molecule has 3 rings (SSSR count). The monoisotopic (exact) mass is 293 g/mol. The van der Waals surface area contributed by atoms with Gasteiger partial charge in [-0.1, -0.05) is 42.5 Å². The Morgan fingerprint density at radius 3 is 2.64 bits per heavy atom. The number of anilines is 1. The predicted molar refractivity (Wildman–Crippen MR) is 89.0 cm³/mol. The third kappa shape index (κ3) is 2.92. The van der Waals surface area contributed by atoms with Crippen LogP contribution in [0.4, 0.5) is 5.82 Å². The van der Waals surface area contributed by atoms with E-state index in [1.807, 2.05) is 30.3 Å². The first-order valence-electron chi connectivity index (χ1n) is 7.31. The number of benzene rings is 2. The van der Waals surface area contributed by atoms with E-state index in [-0.39, 0.29) is 6.10 Å². The first-order valence-corrected chi connectivity index (χ1v) is 7.31. The molecule has 1 heterocycles. The Morgan fingerprint density at radius 1 is 1.05 bits per heavy atom. The van der Waals surface area contributed by atoms with Gasteiger partial charge in [-0.2, -0.15) is 0 Å². The number of rotatable bonds is 5. The second-order valence-corrected chi connectivity index (χ2v) is 5.21. The Morgan fingerprint density at radius 2 is 1.86 bits per heavy atom. The smallest absolute Gasteiger partial charge is 0.137 e. The highest BCUT2D eigenvalue weighted by Crippen LogP contribution is 2.24. The van der Waals surface area contributed by atoms with Gasteiger partial charge in [0.25, 0.3) is 0 Å². The van der Waals surface area contributed by atoms with Gasteiger partial charge < -0.3 is 10.1 Å². The molecule has 1 aromatic heterocycles. The molecule has 112 valence electrons. The maximum absolute atomic E-state index is 5.59. The highest BCUT2D eigenvalue weighted by atomic mass is 16.5. The van der Waals surface area contributed by atoms with E-state index in [4.69, 9.17) is 4.74 Å². The Kier molecular flexibility index (Phi) is 4.30. The van der Waals surface area contributed by atoms with Crippen LogP contribution in [0.2, 0.25) is 0 Å². The van der Waals surface area contributed by atoms with Crippen LogP contribution in [-0.2, 0) is 4.74 Å². The Balaban J connectivity index is 1.85. The molecule has 0 aliphatic rings. The van der Waals surface area contributed by atoms with Crippen LogP contribution in [0.3, 0.4) is 0 Å². The van der Waals surface area contributed by atoms with Crippen LogP contribution in [0, 0.1) is 6.92 Å². The lowest BCUT2D eigenvalue weighted by atomic mass is 10.1. The van der Waals surface area contributed by atoms with Crippen molar-refractivity contribution in [2.75, 3.05) is 19.0 Å². The van der Waals surface area contributed by atoms with E-state index >= 15 is 0 Å². The number of fused-ring (bicyclic) bond motifs is 1. The highest BCUT2D eigenvalue weighted by Gasteiger charge is 2.12. The summed E-state index contributed by atoms with van der Waals surface area (Å²) in [5.74, 6) is 0.848. The van der Waals surface area contributed by atoms with E-state index < -0.39 is 0 Å². The Hall–Kier alpha value is -2.46. The zero-order chi connectivity index (χ0) is 15.4. The maximum Gasteiger partial charge on any atom is 0.137 e. The lowest BCUT2D eigenvalue weighted by molar-refractivity contribution is 0.114. The predicted octanol–water partition coefficient (Wildman–Crippen LogP) is 3.74. The molecule has 3 aromatic rings. The molecule has 0 saturated carbocycles. The molecule has 4 heteroatoms. The van der Waals surface area contributed by atoms with Gasteiger partial charge in [-0.3, -0.25) is 0 Å². The van der Waals surface area contributed by atoms with Crippen molar-refractivity contribution in [1.82, 2.24) is 9.97 Å². The molecule has 4 nitrogen and oxygen atoms in total. The molecular formula is C18H19N3O. The van der Waals surface area contributed by atoms with E-state index in [2.05, 4.69) is 40.4 Å². The van der Waals surface area contributed by atoms with Crippen molar-refractivity contribution in [1.29, 1.82) is 0 Å². The summed E-state index contributed by atoms with van der Waals surface area (Å²) in [5.41, 5.74) is 3.26. The fourth-order valence-corrected chi connectivity index (χ4v) is 2.61. The molecule has 0 bridgehead atoms. The van der Waals surface area contributed by atoms with Crippen LogP contribution >= 0.6 is 0 Å². The third-order valence-electron chi connectivity index (χ3n) is 3.78. The van der Waals surface area contributed by atoms with Gasteiger partial charge in [0.1, 0.15) is 12.1 Å². The lowest BCUT2D eigenvalue weighted by Gasteiger charge is -2.17. The van der Waals surface area contributed by atoms with Gasteiger partial charge in [-0.15, -0.1) is 0 Å². The van der Waals surface area contributed by atoms with Crippen molar-refractivity contribution in [3.63, 3.8) is 0 Å². The highest BCUT2D eigenvalue weighted by molar-refractivity contribution is 5.91. The van der Waals surface area contributed by atoms with Gasteiger partial charge in [-0.05, 0) is 24.1 Å². The molecule has 0 spiro atoms. The van der Waals surface area contributed by atoms with Crippen LogP contribution in [-0.4, -0.2) is 23.6 Å². The SMILES string of the molecule is COC(CNc1ncnc2cccc(C)c12)c1ccccc1. The molecule has 1 unspecified atom stereocenters. The van der Waals surface area contributed by atoms with Crippen LogP contribution in [0.25, 0.3) is 10.9 Å². The van der Waals surface area contributed by atoms with Crippen LogP contribution in [0.5, 0.6) is 0 Å². The summed E-state index contributed by atoms with van der Waals surface area (Å²) in [4.78, 5) is 8.72. The second-order valence-electron chi connectivity index (χ2n) is 5.21. The van der Waals surface area contributed by atoms with Crippen molar-refractivity contribution >= 4 is 16.7 Å². The number of nitrogens with one attached hydrogen (secondary N) is 1. The largest absolute Gasteiger partial charge is 0.375 e. The zero-order valence-corrected chi connectivity index (χ0v) is 12.8. The summed E-state index contributed by atoms with van der Waals surface area (Å²) in [6.07, 6.45) is 1.57. The molecular weight excluding hydrogens is 274 g/mol. The molecule has 1 N–H and O–H groups in total. The molecule has 0 aliphatic carbocycles. The van der Waals surface area contributed by atoms with Crippen LogP contribution < -0.4 is 5.32 Å². The van der Waals surface area contributed by atoms with Gasteiger partial charge in [0.15, 0.2) is 0 Å². The minimum absolute atomic E-state index is 0.0183. The van der Waals surface area contributed by atoms with E-state index in [0.717, 1.165) is 27.8 Å². The minimum atomic E-state index is -0.0183. The molecule has 0 saturated heterocycles. The van der Waals surface area contributed by atoms with Crippen molar-refractivity contribution in [3.8, 4) is 0 Å². The quantitative estimate of drug-likeness (QED) is 0.778. The van der Waals surface area contributed by atoms with E-state index in [9.17, 15) is 0 Å². The van der Waals surface area contributed by atoms with Gasteiger partial charge in [0.2, 0.25) is 0 Å². The number of methoxy groups -OCH3 is 1. The molecule has 1 atom stereocenters. The first kappa shape index (κ1) is 14.5. The first-order chi connectivity index (χ1) is 10.8. The topological polar surface area (TPSA) is 47.0 Å². The normalized spacial score (nSPS) is 12.3. The number of hydrogen-bond donors (Lipinski definition) is 1. The van der Waals surface area contributed by atoms with Crippen molar-refractivity contribution in [2.45, 2.75) is 13.0 Å².